The summed E-state index contributed by atoms with van der Waals surface area (Å²) in [7, 11) is 0. The number of primary amides is 1. The minimum absolute atomic E-state index is 0.217. The molecular weight excluding hydrogens is 288 g/mol. The highest BCUT2D eigenvalue weighted by atomic mass is 16.5. The van der Waals surface area contributed by atoms with E-state index in [4.69, 9.17) is 10.5 Å². The first kappa shape index (κ1) is 15.7. The van der Waals surface area contributed by atoms with Crippen LogP contribution in [0.1, 0.15) is 53.2 Å². The number of ether oxygens (including phenoxy) is 1. The van der Waals surface area contributed by atoms with Crippen molar-refractivity contribution in [3.63, 3.8) is 0 Å². The topological polar surface area (TPSA) is 65.2 Å². The van der Waals surface area contributed by atoms with Crippen LogP contribution in [-0.4, -0.2) is 17.0 Å². The van der Waals surface area contributed by atoms with E-state index in [1.807, 2.05) is 30.3 Å². The van der Waals surface area contributed by atoms with E-state index in [0.717, 1.165) is 31.2 Å². The predicted octanol–water partition coefficient (Wildman–Crippen LogP) is 3.42. The summed E-state index contributed by atoms with van der Waals surface area (Å²) in [6.45, 7) is 0.633. The van der Waals surface area contributed by atoms with E-state index >= 15 is 0 Å². The third-order valence-corrected chi connectivity index (χ3v) is 4.47. The molecule has 2 aromatic rings. The number of amides is 1. The van der Waals surface area contributed by atoms with Crippen LogP contribution in [-0.2, 0) is 11.3 Å². The van der Waals surface area contributed by atoms with Crippen molar-refractivity contribution < 1.29 is 9.53 Å². The van der Waals surface area contributed by atoms with Crippen LogP contribution in [0.3, 0.4) is 0 Å². The molecule has 0 saturated heterocycles. The number of benzene rings is 1. The van der Waals surface area contributed by atoms with Crippen LogP contribution in [0.4, 0.5) is 0 Å². The average Bonchev–Trinajstić information content (AvgIpc) is 2.61. The molecule has 1 aliphatic rings. The standard InChI is InChI=1S/C19H22N2O2/c20-19(22)18-17(10-5-11-21-18)15-8-4-9-16(12-15)23-13-14-6-2-1-3-7-14/h1-3,5-7,10-11,15-16H,4,8-9,12-13H2,(H2,20,22)/t15-,16+/m0/s1. The van der Waals surface area contributed by atoms with Gasteiger partial charge in [-0.3, -0.25) is 9.78 Å². The molecule has 1 aliphatic carbocycles. The van der Waals surface area contributed by atoms with Gasteiger partial charge >= 0.3 is 0 Å². The van der Waals surface area contributed by atoms with E-state index in [0.29, 0.717) is 18.2 Å². The van der Waals surface area contributed by atoms with Crippen molar-refractivity contribution >= 4 is 5.91 Å². The molecule has 1 aromatic heterocycles. The highest BCUT2D eigenvalue weighted by molar-refractivity contribution is 5.92. The fourth-order valence-electron chi connectivity index (χ4n) is 3.32. The largest absolute Gasteiger partial charge is 0.374 e. The summed E-state index contributed by atoms with van der Waals surface area (Å²) < 4.78 is 6.08. The highest BCUT2D eigenvalue weighted by Gasteiger charge is 2.26. The van der Waals surface area contributed by atoms with Gasteiger partial charge in [-0.25, -0.2) is 0 Å². The summed E-state index contributed by atoms with van der Waals surface area (Å²) in [6, 6.07) is 14.1. The van der Waals surface area contributed by atoms with Crippen LogP contribution < -0.4 is 5.73 Å². The van der Waals surface area contributed by atoms with E-state index in [2.05, 4.69) is 17.1 Å². The minimum atomic E-state index is -0.451. The summed E-state index contributed by atoms with van der Waals surface area (Å²) >= 11 is 0. The van der Waals surface area contributed by atoms with E-state index in [-0.39, 0.29) is 6.10 Å². The van der Waals surface area contributed by atoms with Gasteiger partial charge in [-0.2, -0.15) is 0 Å². The molecule has 2 N–H and O–H groups in total. The lowest BCUT2D eigenvalue weighted by molar-refractivity contribution is 0.0113. The van der Waals surface area contributed by atoms with E-state index in [9.17, 15) is 4.79 Å². The lowest BCUT2D eigenvalue weighted by Gasteiger charge is -2.30. The maximum absolute atomic E-state index is 11.6. The van der Waals surface area contributed by atoms with E-state index in [1.54, 1.807) is 6.20 Å². The molecule has 0 spiro atoms. The molecule has 0 radical (unpaired) electrons. The Balaban J connectivity index is 1.65. The van der Waals surface area contributed by atoms with Crippen molar-refractivity contribution in [3.8, 4) is 0 Å². The zero-order valence-electron chi connectivity index (χ0n) is 13.2. The Morgan fingerprint density at radius 1 is 1.17 bits per heavy atom. The van der Waals surface area contributed by atoms with Gasteiger partial charge in [0.25, 0.3) is 5.91 Å². The molecule has 1 aromatic carbocycles. The van der Waals surface area contributed by atoms with Crippen molar-refractivity contribution in [1.29, 1.82) is 0 Å². The molecule has 0 bridgehead atoms. The molecule has 0 aliphatic heterocycles. The van der Waals surface area contributed by atoms with Gasteiger partial charge < -0.3 is 10.5 Å². The van der Waals surface area contributed by atoms with Crippen LogP contribution in [0.25, 0.3) is 0 Å². The molecule has 120 valence electrons. The Bertz CT molecular complexity index is 657. The number of carbonyl (C=O) groups excluding carboxylic acids is 1. The molecule has 1 saturated carbocycles. The van der Waals surface area contributed by atoms with Crippen molar-refractivity contribution in [3.05, 3.63) is 65.5 Å². The van der Waals surface area contributed by atoms with E-state index < -0.39 is 5.91 Å². The van der Waals surface area contributed by atoms with E-state index in [1.165, 1.54) is 5.56 Å². The number of hydrogen-bond donors (Lipinski definition) is 1. The predicted molar refractivity (Wildman–Crippen MR) is 89.0 cm³/mol. The SMILES string of the molecule is NC(=O)c1ncccc1[C@H]1CCC[C@@H](OCc2ccccc2)C1. The summed E-state index contributed by atoms with van der Waals surface area (Å²) in [5.74, 6) is -0.159. The summed E-state index contributed by atoms with van der Waals surface area (Å²) in [5, 5.41) is 0. The molecule has 3 rings (SSSR count). The van der Waals surface area contributed by atoms with Gasteiger partial charge in [0.2, 0.25) is 0 Å². The van der Waals surface area contributed by atoms with Gasteiger partial charge in [0.05, 0.1) is 12.7 Å². The van der Waals surface area contributed by atoms with Crippen LogP contribution in [0.2, 0.25) is 0 Å². The quantitative estimate of drug-likeness (QED) is 0.920. The molecule has 4 heteroatoms. The number of rotatable bonds is 5. The van der Waals surface area contributed by atoms with Gasteiger partial charge in [-0.05, 0) is 42.4 Å². The molecule has 1 amide bonds. The van der Waals surface area contributed by atoms with Gasteiger partial charge in [0.15, 0.2) is 0 Å². The molecule has 0 unspecified atom stereocenters. The Morgan fingerprint density at radius 2 is 2.00 bits per heavy atom. The molecule has 2 atom stereocenters. The first-order valence-corrected chi connectivity index (χ1v) is 8.14. The van der Waals surface area contributed by atoms with Crippen molar-refractivity contribution in [1.82, 2.24) is 4.98 Å². The Labute approximate surface area is 136 Å². The van der Waals surface area contributed by atoms with Crippen molar-refractivity contribution in [2.45, 2.75) is 44.3 Å². The van der Waals surface area contributed by atoms with Gasteiger partial charge in [-0.1, -0.05) is 42.8 Å². The van der Waals surface area contributed by atoms with Crippen molar-refractivity contribution in [2.24, 2.45) is 5.73 Å². The fraction of sp³-hybridized carbons (Fsp3) is 0.368. The Morgan fingerprint density at radius 3 is 2.78 bits per heavy atom. The number of hydrogen-bond acceptors (Lipinski definition) is 3. The third-order valence-electron chi connectivity index (χ3n) is 4.47. The average molecular weight is 310 g/mol. The van der Waals surface area contributed by atoms with Crippen LogP contribution in [0.15, 0.2) is 48.7 Å². The maximum Gasteiger partial charge on any atom is 0.267 e. The first-order valence-electron chi connectivity index (χ1n) is 8.14. The molecule has 23 heavy (non-hydrogen) atoms. The first-order chi connectivity index (χ1) is 11.2. The monoisotopic (exact) mass is 310 g/mol. The van der Waals surface area contributed by atoms with Gasteiger partial charge in [-0.15, -0.1) is 0 Å². The second-order valence-electron chi connectivity index (χ2n) is 6.09. The summed E-state index contributed by atoms with van der Waals surface area (Å²) in [5.41, 5.74) is 8.02. The summed E-state index contributed by atoms with van der Waals surface area (Å²) in [4.78, 5) is 15.7. The Kier molecular flexibility index (Phi) is 5.03. The number of nitrogens with zero attached hydrogens (tertiary/aromatic N) is 1. The van der Waals surface area contributed by atoms with Gasteiger partial charge in [0, 0.05) is 6.20 Å². The second kappa shape index (κ2) is 7.38. The maximum atomic E-state index is 11.6. The number of pyridine rings is 1. The molecule has 1 fully saturated rings. The number of aromatic nitrogens is 1. The Hall–Kier alpha value is -2.20. The highest BCUT2D eigenvalue weighted by Crippen LogP contribution is 2.35. The zero-order valence-corrected chi connectivity index (χ0v) is 13.2. The summed E-state index contributed by atoms with van der Waals surface area (Å²) in [6.07, 6.45) is 5.97. The third kappa shape index (κ3) is 3.96. The number of carbonyl (C=O) groups is 1. The second-order valence-corrected chi connectivity index (χ2v) is 6.09. The number of nitrogens with two attached hydrogens (primary N) is 1. The fourth-order valence-corrected chi connectivity index (χ4v) is 3.32. The van der Waals surface area contributed by atoms with Crippen LogP contribution >= 0.6 is 0 Å². The van der Waals surface area contributed by atoms with Crippen LogP contribution in [0.5, 0.6) is 0 Å². The lowest BCUT2D eigenvalue weighted by Crippen LogP contribution is -2.24. The van der Waals surface area contributed by atoms with Gasteiger partial charge in [0.1, 0.15) is 5.69 Å². The normalized spacial score (nSPS) is 21.0. The molecular formula is C19H22N2O2. The lowest BCUT2D eigenvalue weighted by atomic mass is 9.81. The molecule has 4 nitrogen and oxygen atoms in total. The smallest absolute Gasteiger partial charge is 0.267 e. The van der Waals surface area contributed by atoms with Crippen molar-refractivity contribution in [2.75, 3.05) is 0 Å². The molecule has 1 heterocycles. The zero-order chi connectivity index (χ0) is 16.1. The minimum Gasteiger partial charge on any atom is -0.374 e. The van der Waals surface area contributed by atoms with Crippen LogP contribution in [0, 0.1) is 0 Å².